The third-order valence-corrected chi connectivity index (χ3v) is 4.76. The summed E-state index contributed by atoms with van der Waals surface area (Å²) in [5, 5.41) is 0. The molecule has 4 rings (SSSR count). The van der Waals surface area contributed by atoms with E-state index in [0.29, 0.717) is 5.56 Å². The summed E-state index contributed by atoms with van der Waals surface area (Å²) in [6, 6.07) is 12.1. The molecule has 2 aliphatic heterocycles. The van der Waals surface area contributed by atoms with Crippen molar-refractivity contribution < 1.29 is 9.53 Å². The van der Waals surface area contributed by atoms with Crippen molar-refractivity contribution in [3.8, 4) is 0 Å². The Morgan fingerprint density at radius 3 is 2.71 bits per heavy atom. The molecule has 5 nitrogen and oxygen atoms in total. The lowest BCUT2D eigenvalue weighted by Crippen LogP contribution is -2.37. The Morgan fingerprint density at radius 1 is 1.17 bits per heavy atom. The van der Waals surface area contributed by atoms with E-state index >= 15 is 0 Å². The molecule has 1 amide bonds. The number of aromatic nitrogens is 1. The van der Waals surface area contributed by atoms with Gasteiger partial charge in [-0.3, -0.25) is 4.79 Å². The van der Waals surface area contributed by atoms with Gasteiger partial charge in [0.2, 0.25) is 0 Å². The standard InChI is InChI=1S/C19H21N3O2/c1-14-12-15-4-2-3-5-17(15)22(14)19(23)16-6-7-18(20-13-16)21-8-10-24-11-9-21/h2-7,13-14H,8-12H2,1H3. The van der Waals surface area contributed by atoms with Crippen molar-refractivity contribution in [2.24, 2.45) is 0 Å². The number of fused-ring (bicyclic) bond motifs is 1. The van der Waals surface area contributed by atoms with E-state index in [1.54, 1.807) is 6.20 Å². The number of pyridine rings is 1. The molecule has 1 atom stereocenters. The molecular formula is C19H21N3O2. The molecule has 0 saturated carbocycles. The van der Waals surface area contributed by atoms with Gasteiger partial charge in [0.1, 0.15) is 5.82 Å². The summed E-state index contributed by atoms with van der Waals surface area (Å²) in [5.41, 5.74) is 2.89. The van der Waals surface area contributed by atoms with E-state index in [1.807, 2.05) is 35.2 Å². The molecule has 24 heavy (non-hydrogen) atoms. The van der Waals surface area contributed by atoms with Crippen LogP contribution in [-0.4, -0.2) is 43.2 Å². The molecule has 1 fully saturated rings. The van der Waals surface area contributed by atoms with Gasteiger partial charge in [-0.05, 0) is 37.1 Å². The third-order valence-electron chi connectivity index (χ3n) is 4.76. The first-order valence-electron chi connectivity index (χ1n) is 8.44. The minimum atomic E-state index is 0.0217. The quantitative estimate of drug-likeness (QED) is 0.852. The zero-order valence-electron chi connectivity index (χ0n) is 13.8. The summed E-state index contributed by atoms with van der Waals surface area (Å²) >= 11 is 0. The van der Waals surface area contributed by atoms with E-state index in [9.17, 15) is 4.79 Å². The average molecular weight is 323 g/mol. The molecule has 1 unspecified atom stereocenters. The van der Waals surface area contributed by atoms with Crippen molar-refractivity contribution in [3.63, 3.8) is 0 Å². The van der Waals surface area contributed by atoms with Crippen LogP contribution in [0.15, 0.2) is 42.6 Å². The van der Waals surface area contributed by atoms with E-state index < -0.39 is 0 Å². The highest BCUT2D eigenvalue weighted by atomic mass is 16.5. The molecule has 0 bridgehead atoms. The molecule has 1 aromatic heterocycles. The number of para-hydroxylation sites is 1. The lowest BCUT2D eigenvalue weighted by Gasteiger charge is -2.28. The Kier molecular flexibility index (Phi) is 3.94. The first kappa shape index (κ1) is 15.1. The van der Waals surface area contributed by atoms with Crippen LogP contribution in [-0.2, 0) is 11.2 Å². The molecule has 2 aliphatic rings. The van der Waals surface area contributed by atoms with Gasteiger partial charge < -0.3 is 14.5 Å². The molecule has 124 valence electrons. The van der Waals surface area contributed by atoms with Crippen LogP contribution in [0.3, 0.4) is 0 Å². The normalized spacial score (nSPS) is 20.1. The Labute approximate surface area is 141 Å². The number of carbonyl (C=O) groups is 1. The predicted octanol–water partition coefficient (Wildman–Crippen LogP) is 2.51. The number of carbonyl (C=O) groups excluding carboxylic acids is 1. The second-order valence-corrected chi connectivity index (χ2v) is 6.36. The van der Waals surface area contributed by atoms with Crippen molar-refractivity contribution >= 4 is 17.4 Å². The van der Waals surface area contributed by atoms with Gasteiger partial charge in [0.05, 0.1) is 18.8 Å². The van der Waals surface area contributed by atoms with Crippen LogP contribution in [0.25, 0.3) is 0 Å². The molecule has 0 spiro atoms. The Hall–Kier alpha value is -2.40. The van der Waals surface area contributed by atoms with Gasteiger partial charge in [-0.2, -0.15) is 0 Å². The fourth-order valence-electron chi connectivity index (χ4n) is 3.51. The molecule has 5 heteroatoms. The maximum atomic E-state index is 13.0. The van der Waals surface area contributed by atoms with E-state index in [2.05, 4.69) is 22.9 Å². The topological polar surface area (TPSA) is 45.7 Å². The minimum absolute atomic E-state index is 0.0217. The van der Waals surface area contributed by atoms with Gasteiger partial charge in [0.25, 0.3) is 5.91 Å². The molecule has 1 aromatic carbocycles. The van der Waals surface area contributed by atoms with Crippen LogP contribution in [0.5, 0.6) is 0 Å². The molecular weight excluding hydrogens is 302 g/mol. The monoisotopic (exact) mass is 323 g/mol. The van der Waals surface area contributed by atoms with E-state index in [1.165, 1.54) is 5.56 Å². The predicted molar refractivity (Wildman–Crippen MR) is 93.7 cm³/mol. The third kappa shape index (κ3) is 2.65. The first-order valence-corrected chi connectivity index (χ1v) is 8.44. The summed E-state index contributed by atoms with van der Waals surface area (Å²) in [4.78, 5) is 21.5. The van der Waals surface area contributed by atoms with Crippen LogP contribution < -0.4 is 9.80 Å². The number of hydrogen-bond acceptors (Lipinski definition) is 4. The summed E-state index contributed by atoms with van der Waals surface area (Å²) in [6.07, 6.45) is 2.60. The number of hydrogen-bond donors (Lipinski definition) is 0. The van der Waals surface area contributed by atoms with Crippen LogP contribution in [0.1, 0.15) is 22.8 Å². The largest absolute Gasteiger partial charge is 0.378 e. The van der Waals surface area contributed by atoms with Crippen molar-refractivity contribution in [1.82, 2.24) is 4.98 Å². The van der Waals surface area contributed by atoms with Crippen LogP contribution in [0, 0.1) is 0 Å². The van der Waals surface area contributed by atoms with Crippen molar-refractivity contribution in [1.29, 1.82) is 0 Å². The highest BCUT2D eigenvalue weighted by Crippen LogP contribution is 2.33. The number of morpholine rings is 1. The maximum absolute atomic E-state index is 13.0. The Morgan fingerprint density at radius 2 is 1.96 bits per heavy atom. The smallest absolute Gasteiger partial charge is 0.260 e. The van der Waals surface area contributed by atoms with Gasteiger partial charge in [-0.15, -0.1) is 0 Å². The van der Waals surface area contributed by atoms with Crippen molar-refractivity contribution in [2.45, 2.75) is 19.4 Å². The second-order valence-electron chi connectivity index (χ2n) is 6.36. The fourth-order valence-corrected chi connectivity index (χ4v) is 3.51. The fraction of sp³-hybridized carbons (Fsp3) is 0.368. The van der Waals surface area contributed by atoms with Gasteiger partial charge >= 0.3 is 0 Å². The maximum Gasteiger partial charge on any atom is 0.260 e. The molecule has 2 aromatic rings. The average Bonchev–Trinajstić information content (AvgIpc) is 2.98. The molecule has 3 heterocycles. The lowest BCUT2D eigenvalue weighted by atomic mass is 10.1. The van der Waals surface area contributed by atoms with Crippen molar-refractivity contribution in [3.05, 3.63) is 53.7 Å². The number of rotatable bonds is 2. The van der Waals surface area contributed by atoms with Gasteiger partial charge in [-0.25, -0.2) is 4.98 Å². The summed E-state index contributed by atoms with van der Waals surface area (Å²) < 4.78 is 5.37. The van der Waals surface area contributed by atoms with Crippen LogP contribution in [0.4, 0.5) is 11.5 Å². The van der Waals surface area contributed by atoms with Crippen LogP contribution >= 0.6 is 0 Å². The molecule has 0 aliphatic carbocycles. The van der Waals surface area contributed by atoms with Crippen molar-refractivity contribution in [2.75, 3.05) is 36.1 Å². The SMILES string of the molecule is CC1Cc2ccccc2N1C(=O)c1ccc(N2CCOCC2)nc1. The molecule has 1 saturated heterocycles. The number of ether oxygens (including phenoxy) is 1. The first-order chi connectivity index (χ1) is 11.7. The Bertz CT molecular complexity index is 739. The summed E-state index contributed by atoms with van der Waals surface area (Å²) in [5.74, 6) is 0.929. The number of nitrogens with zero attached hydrogens (tertiary/aromatic N) is 3. The van der Waals surface area contributed by atoms with Gasteiger partial charge in [0, 0.05) is 31.0 Å². The number of amides is 1. The Balaban J connectivity index is 1.56. The number of anilines is 2. The highest BCUT2D eigenvalue weighted by Gasteiger charge is 2.31. The van der Waals surface area contributed by atoms with Gasteiger partial charge in [-0.1, -0.05) is 18.2 Å². The second kappa shape index (κ2) is 6.24. The number of benzene rings is 1. The van der Waals surface area contributed by atoms with Crippen LogP contribution in [0.2, 0.25) is 0 Å². The van der Waals surface area contributed by atoms with Gasteiger partial charge in [0.15, 0.2) is 0 Å². The summed E-state index contributed by atoms with van der Waals surface area (Å²) in [7, 11) is 0. The molecule has 0 radical (unpaired) electrons. The van der Waals surface area contributed by atoms with E-state index in [0.717, 1.165) is 44.2 Å². The molecule has 0 N–H and O–H groups in total. The highest BCUT2D eigenvalue weighted by molar-refractivity contribution is 6.07. The zero-order chi connectivity index (χ0) is 16.5. The van der Waals surface area contributed by atoms with E-state index in [-0.39, 0.29) is 11.9 Å². The minimum Gasteiger partial charge on any atom is -0.378 e. The lowest BCUT2D eigenvalue weighted by molar-refractivity contribution is 0.0981. The summed E-state index contributed by atoms with van der Waals surface area (Å²) in [6.45, 7) is 5.23. The van der Waals surface area contributed by atoms with E-state index in [4.69, 9.17) is 4.74 Å². The zero-order valence-corrected chi connectivity index (χ0v) is 13.8.